The van der Waals surface area contributed by atoms with Crippen LogP contribution in [0, 0.1) is 0 Å². The third-order valence-electron chi connectivity index (χ3n) is 6.48. The Balaban J connectivity index is 1.25. The van der Waals surface area contributed by atoms with Gasteiger partial charge in [0.2, 0.25) is 5.91 Å². The van der Waals surface area contributed by atoms with Gasteiger partial charge in [0.15, 0.2) is 5.13 Å². The molecule has 5 rings (SSSR count). The quantitative estimate of drug-likeness (QED) is 0.377. The van der Waals surface area contributed by atoms with Crippen LogP contribution in [0.3, 0.4) is 0 Å². The molecule has 0 spiro atoms. The molecule has 0 aliphatic carbocycles. The second kappa shape index (κ2) is 9.91. The number of anilines is 2. The zero-order valence-electron chi connectivity index (χ0n) is 20.5. The smallest absolute Gasteiger partial charge is 0.263 e. The first kappa shape index (κ1) is 24.8. The zero-order valence-corrected chi connectivity index (χ0v) is 22.1. The molecule has 9 nitrogen and oxygen atoms in total. The van der Waals surface area contributed by atoms with Crippen LogP contribution in [0.1, 0.15) is 13.0 Å². The van der Waals surface area contributed by atoms with Crippen molar-refractivity contribution in [2.75, 3.05) is 36.4 Å². The Morgan fingerprint density at radius 1 is 1.16 bits per heavy atom. The Bertz CT molecular complexity index is 1550. The van der Waals surface area contributed by atoms with Crippen LogP contribution in [0.25, 0.3) is 10.9 Å². The van der Waals surface area contributed by atoms with E-state index in [1.807, 2.05) is 51.8 Å². The second-order valence-corrected chi connectivity index (χ2v) is 11.3. The number of methoxy groups -OCH3 is 1. The van der Waals surface area contributed by atoms with Crippen molar-refractivity contribution in [3.63, 3.8) is 0 Å². The van der Waals surface area contributed by atoms with E-state index in [9.17, 15) is 13.2 Å². The summed E-state index contributed by atoms with van der Waals surface area (Å²) in [6, 6.07) is 14.0. The maximum Gasteiger partial charge on any atom is 0.263 e. The number of hydrogen-bond donors (Lipinski definition) is 1. The topological polar surface area (TPSA) is 96.8 Å². The monoisotopic (exact) mass is 537 g/mol. The Morgan fingerprint density at radius 3 is 2.62 bits per heavy atom. The number of amides is 1. The number of aromatic nitrogens is 2. The van der Waals surface area contributed by atoms with Crippen molar-refractivity contribution in [2.24, 2.45) is 0 Å². The summed E-state index contributed by atoms with van der Waals surface area (Å²) in [6.45, 7) is 7.57. The fourth-order valence-electron chi connectivity index (χ4n) is 4.51. The highest BCUT2D eigenvalue weighted by atomic mass is 32.2. The van der Waals surface area contributed by atoms with Crippen LogP contribution in [-0.4, -0.2) is 55.5 Å². The van der Waals surface area contributed by atoms with Crippen molar-refractivity contribution in [1.82, 2.24) is 14.5 Å². The van der Waals surface area contributed by atoms with Gasteiger partial charge in [-0.1, -0.05) is 6.58 Å². The van der Waals surface area contributed by atoms with Crippen molar-refractivity contribution in [2.45, 2.75) is 17.9 Å². The fourth-order valence-corrected chi connectivity index (χ4v) is 6.30. The standard InChI is InChI=1S/C26H27N5O4S2/c1-18-17-29(25(32)19(2)31-12-10-20-16-22(35-3)6-9-24(20)31)13-14-30(18)21-4-7-23(8-5-21)37(33,34)28-26-27-11-15-36-26/h4-12,15-16,19H,1,13-14,17H2,2-3H3,(H,27,28). The number of rotatable bonds is 7. The molecule has 1 aliphatic heterocycles. The Labute approximate surface area is 219 Å². The molecule has 2 aromatic heterocycles. The van der Waals surface area contributed by atoms with Crippen LogP contribution in [0.2, 0.25) is 0 Å². The Morgan fingerprint density at radius 2 is 1.95 bits per heavy atom. The minimum absolute atomic E-state index is 0.0174. The van der Waals surface area contributed by atoms with Gasteiger partial charge in [-0.25, -0.2) is 13.4 Å². The van der Waals surface area contributed by atoms with Gasteiger partial charge in [-0.15, -0.1) is 11.3 Å². The van der Waals surface area contributed by atoms with Gasteiger partial charge in [-0.05, 0) is 55.5 Å². The molecule has 0 bridgehead atoms. The Kier molecular flexibility index (Phi) is 6.65. The highest BCUT2D eigenvalue weighted by molar-refractivity contribution is 7.93. The number of nitrogens with zero attached hydrogens (tertiary/aromatic N) is 4. The molecule has 11 heteroatoms. The first-order valence-corrected chi connectivity index (χ1v) is 14.0. The molecule has 1 amide bonds. The number of nitrogens with one attached hydrogen (secondary N) is 1. The van der Waals surface area contributed by atoms with E-state index in [2.05, 4.69) is 16.3 Å². The molecule has 1 fully saturated rings. The van der Waals surface area contributed by atoms with Gasteiger partial charge >= 0.3 is 0 Å². The number of hydrogen-bond acceptors (Lipinski definition) is 7. The number of thiazole rings is 1. The van der Waals surface area contributed by atoms with Crippen LogP contribution in [0.4, 0.5) is 10.8 Å². The first-order chi connectivity index (χ1) is 17.8. The molecule has 1 saturated heterocycles. The number of ether oxygens (including phenoxy) is 1. The summed E-state index contributed by atoms with van der Waals surface area (Å²) in [5.41, 5.74) is 2.56. The predicted molar refractivity (Wildman–Crippen MR) is 146 cm³/mol. The van der Waals surface area contributed by atoms with Crippen molar-refractivity contribution in [1.29, 1.82) is 0 Å². The lowest BCUT2D eigenvalue weighted by Gasteiger charge is -2.39. The molecule has 0 saturated carbocycles. The van der Waals surface area contributed by atoms with E-state index in [0.717, 1.165) is 28.0 Å². The average molecular weight is 538 g/mol. The average Bonchev–Trinajstić information content (AvgIpc) is 3.57. The molecule has 37 heavy (non-hydrogen) atoms. The van der Waals surface area contributed by atoms with Gasteiger partial charge in [0, 0.05) is 53.2 Å². The molecule has 1 aliphatic rings. The number of benzene rings is 2. The highest BCUT2D eigenvalue weighted by Crippen LogP contribution is 2.28. The summed E-state index contributed by atoms with van der Waals surface area (Å²) in [5.74, 6) is 0.793. The van der Waals surface area contributed by atoms with Crippen LogP contribution in [0.5, 0.6) is 5.75 Å². The van der Waals surface area contributed by atoms with E-state index in [1.54, 1.807) is 43.0 Å². The molecule has 2 aromatic carbocycles. The molecule has 192 valence electrons. The number of fused-ring (bicyclic) bond motifs is 1. The van der Waals surface area contributed by atoms with Crippen molar-refractivity contribution in [3.05, 3.63) is 78.6 Å². The molecule has 1 N–H and O–H groups in total. The molecule has 4 aromatic rings. The van der Waals surface area contributed by atoms with E-state index in [1.165, 1.54) is 11.3 Å². The highest BCUT2D eigenvalue weighted by Gasteiger charge is 2.29. The zero-order chi connectivity index (χ0) is 26.2. The van der Waals surface area contributed by atoms with Crippen LogP contribution in [0.15, 0.2) is 83.5 Å². The van der Waals surface area contributed by atoms with Gasteiger partial charge in [-0.3, -0.25) is 9.52 Å². The number of sulfonamides is 1. The van der Waals surface area contributed by atoms with E-state index < -0.39 is 10.0 Å². The number of carbonyl (C=O) groups is 1. The van der Waals surface area contributed by atoms with Crippen molar-refractivity contribution < 1.29 is 17.9 Å². The molecule has 3 heterocycles. The lowest BCUT2D eigenvalue weighted by Crippen LogP contribution is -2.48. The van der Waals surface area contributed by atoms with Crippen LogP contribution in [-0.2, 0) is 14.8 Å². The minimum atomic E-state index is -3.72. The van der Waals surface area contributed by atoms with Gasteiger partial charge in [0.05, 0.1) is 18.6 Å². The summed E-state index contributed by atoms with van der Waals surface area (Å²) >= 11 is 1.22. The summed E-state index contributed by atoms with van der Waals surface area (Å²) in [7, 11) is -2.09. The third-order valence-corrected chi connectivity index (χ3v) is 8.65. The maximum atomic E-state index is 13.4. The lowest BCUT2D eigenvalue weighted by molar-refractivity contribution is -0.134. The van der Waals surface area contributed by atoms with E-state index in [0.29, 0.717) is 24.8 Å². The van der Waals surface area contributed by atoms with Gasteiger partial charge in [0.1, 0.15) is 11.8 Å². The van der Waals surface area contributed by atoms with Gasteiger partial charge < -0.3 is 19.1 Å². The fraction of sp³-hybridized carbons (Fsp3) is 0.231. The summed E-state index contributed by atoms with van der Waals surface area (Å²) in [4.78, 5) is 21.3. The molecule has 1 unspecified atom stereocenters. The van der Waals surface area contributed by atoms with Crippen molar-refractivity contribution >= 4 is 49.0 Å². The number of carbonyl (C=O) groups excluding carboxylic acids is 1. The van der Waals surface area contributed by atoms with Crippen molar-refractivity contribution in [3.8, 4) is 5.75 Å². The van der Waals surface area contributed by atoms with Gasteiger partial charge in [-0.2, -0.15) is 0 Å². The molecule has 0 radical (unpaired) electrons. The largest absolute Gasteiger partial charge is 0.497 e. The van der Waals surface area contributed by atoms with Crippen LogP contribution < -0.4 is 14.4 Å². The first-order valence-electron chi connectivity index (χ1n) is 11.7. The van der Waals surface area contributed by atoms with Gasteiger partial charge in [0.25, 0.3) is 10.0 Å². The molecular weight excluding hydrogens is 510 g/mol. The molecular formula is C26H27N5O4S2. The minimum Gasteiger partial charge on any atom is -0.497 e. The summed E-state index contributed by atoms with van der Waals surface area (Å²) in [5, 5.41) is 3.04. The number of piperazine rings is 1. The molecule has 1 atom stereocenters. The second-order valence-electron chi connectivity index (χ2n) is 8.74. The van der Waals surface area contributed by atoms with Crippen LogP contribution >= 0.6 is 11.3 Å². The third kappa shape index (κ3) is 4.92. The predicted octanol–water partition coefficient (Wildman–Crippen LogP) is 4.33. The van der Waals surface area contributed by atoms with E-state index in [4.69, 9.17) is 4.74 Å². The summed E-state index contributed by atoms with van der Waals surface area (Å²) in [6.07, 6.45) is 3.47. The Hall–Kier alpha value is -3.83. The normalized spacial score (nSPS) is 15.1. The maximum absolute atomic E-state index is 13.4. The lowest BCUT2D eigenvalue weighted by atomic mass is 10.1. The summed E-state index contributed by atoms with van der Waals surface area (Å²) < 4.78 is 35.0. The van der Waals surface area contributed by atoms with E-state index in [-0.39, 0.29) is 16.8 Å². The SMILES string of the molecule is C=C1CN(C(=O)C(C)n2ccc3cc(OC)ccc32)CCN1c1ccc(S(=O)(=O)Nc2nccs2)cc1. The van der Waals surface area contributed by atoms with E-state index >= 15 is 0 Å².